The predicted molar refractivity (Wildman–Crippen MR) is 69.5 cm³/mol. The molecule has 0 aliphatic heterocycles. The number of aromatic nitrogens is 2. The quantitative estimate of drug-likeness (QED) is 0.924. The molecule has 3 nitrogen and oxygen atoms in total. The number of hydrogen-bond acceptors (Lipinski definition) is 3. The van der Waals surface area contributed by atoms with Gasteiger partial charge in [-0.15, -0.1) is 0 Å². The van der Waals surface area contributed by atoms with Crippen LogP contribution in [0, 0.1) is 0 Å². The van der Waals surface area contributed by atoms with E-state index in [9.17, 15) is 18.3 Å². The van der Waals surface area contributed by atoms with Gasteiger partial charge in [0.15, 0.2) is 0 Å². The highest BCUT2D eigenvalue weighted by Crippen LogP contribution is 2.40. The third-order valence-electron chi connectivity index (χ3n) is 3.80. The van der Waals surface area contributed by atoms with Crippen molar-refractivity contribution in [3.63, 3.8) is 0 Å². The number of aliphatic hydroxyl groups excluding tert-OH is 1. The van der Waals surface area contributed by atoms with E-state index in [2.05, 4.69) is 9.97 Å². The summed E-state index contributed by atoms with van der Waals surface area (Å²) < 4.78 is 37.5. The topological polar surface area (TPSA) is 46.0 Å². The monoisotopic (exact) mass is 294 g/mol. The summed E-state index contributed by atoms with van der Waals surface area (Å²) in [6, 6.07) is 5.97. The van der Waals surface area contributed by atoms with Gasteiger partial charge in [-0.05, 0) is 36.6 Å². The van der Waals surface area contributed by atoms with Crippen molar-refractivity contribution in [2.24, 2.45) is 0 Å². The van der Waals surface area contributed by atoms with Crippen molar-refractivity contribution in [3.8, 4) is 0 Å². The van der Waals surface area contributed by atoms with Crippen LogP contribution in [-0.2, 0) is 12.6 Å². The number of pyridine rings is 2. The van der Waals surface area contributed by atoms with E-state index in [1.54, 1.807) is 6.20 Å². The third kappa shape index (κ3) is 2.63. The number of aliphatic hydroxyl groups is 1. The lowest BCUT2D eigenvalue weighted by Gasteiger charge is -2.18. The van der Waals surface area contributed by atoms with E-state index in [1.807, 2.05) is 12.1 Å². The zero-order chi connectivity index (χ0) is 15.0. The van der Waals surface area contributed by atoms with Crippen LogP contribution >= 0.6 is 0 Å². The molecule has 0 bridgehead atoms. The van der Waals surface area contributed by atoms with Crippen LogP contribution in [0.3, 0.4) is 0 Å². The van der Waals surface area contributed by atoms with E-state index in [4.69, 9.17) is 0 Å². The Morgan fingerprint density at radius 1 is 1.19 bits per heavy atom. The molecule has 0 saturated carbocycles. The molecule has 110 valence electrons. The smallest absolute Gasteiger partial charge is 0.386 e. The Hall–Kier alpha value is -1.95. The molecule has 2 heterocycles. The minimum Gasteiger partial charge on any atom is -0.386 e. The molecular weight excluding hydrogens is 281 g/mol. The molecular formula is C15H13F3N2O. The Balaban J connectivity index is 1.85. The highest BCUT2D eigenvalue weighted by molar-refractivity contribution is 5.31. The number of alkyl halides is 3. The van der Waals surface area contributed by atoms with Gasteiger partial charge in [0.2, 0.25) is 0 Å². The molecule has 2 aromatic rings. The first-order chi connectivity index (χ1) is 9.97. The van der Waals surface area contributed by atoms with Gasteiger partial charge < -0.3 is 5.11 Å². The van der Waals surface area contributed by atoms with Crippen LogP contribution in [0.1, 0.15) is 41.0 Å². The first kappa shape index (κ1) is 14.0. The number of aryl methyl sites for hydroxylation is 1. The summed E-state index contributed by atoms with van der Waals surface area (Å²) in [6.45, 7) is 0. The van der Waals surface area contributed by atoms with Crippen molar-refractivity contribution >= 4 is 0 Å². The molecule has 0 radical (unpaired) electrons. The van der Waals surface area contributed by atoms with Crippen molar-refractivity contribution in [2.45, 2.75) is 31.0 Å². The maximum atomic E-state index is 12.5. The normalized spacial score (nSPS) is 19.3. The molecule has 2 aromatic heterocycles. The molecule has 1 aliphatic carbocycles. The van der Waals surface area contributed by atoms with Gasteiger partial charge in [-0.3, -0.25) is 9.97 Å². The van der Waals surface area contributed by atoms with Crippen LogP contribution < -0.4 is 0 Å². The first-order valence-electron chi connectivity index (χ1n) is 6.62. The van der Waals surface area contributed by atoms with E-state index < -0.39 is 17.8 Å². The summed E-state index contributed by atoms with van der Waals surface area (Å²) in [5, 5.41) is 10.4. The zero-order valence-electron chi connectivity index (χ0n) is 11.0. The third-order valence-corrected chi connectivity index (χ3v) is 3.80. The second-order valence-electron chi connectivity index (χ2n) is 5.11. The molecule has 1 aliphatic rings. The average molecular weight is 294 g/mol. The Kier molecular flexibility index (Phi) is 3.41. The van der Waals surface area contributed by atoms with E-state index >= 15 is 0 Å². The van der Waals surface area contributed by atoms with Gasteiger partial charge in [0.05, 0.1) is 11.3 Å². The molecule has 3 rings (SSSR count). The lowest BCUT2D eigenvalue weighted by molar-refractivity contribution is -0.137. The van der Waals surface area contributed by atoms with Gasteiger partial charge in [0.25, 0.3) is 0 Å². The summed E-state index contributed by atoms with van der Waals surface area (Å²) >= 11 is 0. The molecule has 0 amide bonds. The van der Waals surface area contributed by atoms with Gasteiger partial charge in [0, 0.05) is 24.0 Å². The predicted octanol–water partition coefficient (Wildman–Crippen LogP) is 3.26. The first-order valence-corrected chi connectivity index (χ1v) is 6.62. The number of nitrogens with zero attached hydrogens (tertiary/aromatic N) is 2. The summed E-state index contributed by atoms with van der Waals surface area (Å²) in [5.41, 5.74) is 1.31. The zero-order valence-corrected chi connectivity index (χ0v) is 11.0. The molecule has 0 aromatic carbocycles. The summed E-state index contributed by atoms with van der Waals surface area (Å²) in [6.07, 6.45) is -1.42. The molecule has 0 spiro atoms. The molecule has 1 N–H and O–H groups in total. The van der Waals surface area contributed by atoms with Crippen LogP contribution in [0.15, 0.2) is 36.7 Å². The van der Waals surface area contributed by atoms with Gasteiger partial charge in [-0.2, -0.15) is 13.2 Å². The van der Waals surface area contributed by atoms with Crippen LogP contribution in [0.4, 0.5) is 13.2 Å². The van der Waals surface area contributed by atoms with E-state index in [-0.39, 0.29) is 11.6 Å². The van der Waals surface area contributed by atoms with Gasteiger partial charge >= 0.3 is 6.18 Å². The maximum Gasteiger partial charge on any atom is 0.417 e. The minimum absolute atomic E-state index is 0.217. The van der Waals surface area contributed by atoms with Crippen molar-refractivity contribution in [2.75, 3.05) is 0 Å². The van der Waals surface area contributed by atoms with Crippen LogP contribution in [0.5, 0.6) is 0 Å². The number of fused-ring (bicyclic) bond motifs is 1. The largest absolute Gasteiger partial charge is 0.417 e. The van der Waals surface area contributed by atoms with Gasteiger partial charge in [-0.25, -0.2) is 0 Å². The standard InChI is InChI=1S/C15H13F3N2O/c16-15(17,18)10-4-6-12(20-8-10)14(21)11-5-3-9-2-1-7-19-13(9)11/h1-2,4,6-8,11,14,21H,3,5H2. The number of rotatable bonds is 2. The Morgan fingerprint density at radius 3 is 2.67 bits per heavy atom. The fraction of sp³-hybridized carbons (Fsp3) is 0.333. The summed E-state index contributed by atoms with van der Waals surface area (Å²) in [7, 11) is 0. The lowest BCUT2D eigenvalue weighted by Crippen LogP contribution is -2.12. The van der Waals surface area contributed by atoms with Crippen molar-refractivity contribution in [1.29, 1.82) is 0 Å². The second-order valence-corrected chi connectivity index (χ2v) is 5.11. The van der Waals surface area contributed by atoms with Crippen LogP contribution in [0.2, 0.25) is 0 Å². The SMILES string of the molecule is OC(c1ccc(C(F)(F)F)cn1)C1CCc2cccnc21. The highest BCUT2D eigenvalue weighted by Gasteiger charge is 2.33. The molecule has 6 heteroatoms. The lowest BCUT2D eigenvalue weighted by atomic mass is 9.96. The Morgan fingerprint density at radius 2 is 2.00 bits per heavy atom. The fourth-order valence-electron chi connectivity index (χ4n) is 2.71. The molecule has 2 atom stereocenters. The Labute approximate surface area is 119 Å². The van der Waals surface area contributed by atoms with Gasteiger partial charge in [-0.1, -0.05) is 6.07 Å². The average Bonchev–Trinajstić information content (AvgIpc) is 2.90. The Bertz CT molecular complexity index is 640. The van der Waals surface area contributed by atoms with Gasteiger partial charge in [0.1, 0.15) is 6.10 Å². The molecule has 21 heavy (non-hydrogen) atoms. The second kappa shape index (κ2) is 5.11. The van der Waals surface area contributed by atoms with Crippen LogP contribution in [0.25, 0.3) is 0 Å². The molecule has 2 unspecified atom stereocenters. The van der Waals surface area contributed by atoms with Crippen molar-refractivity contribution in [3.05, 3.63) is 59.2 Å². The van der Waals surface area contributed by atoms with E-state index in [1.165, 1.54) is 6.07 Å². The van der Waals surface area contributed by atoms with Crippen molar-refractivity contribution < 1.29 is 18.3 Å². The van der Waals surface area contributed by atoms with Crippen LogP contribution in [-0.4, -0.2) is 15.1 Å². The van der Waals surface area contributed by atoms with Crippen molar-refractivity contribution in [1.82, 2.24) is 9.97 Å². The summed E-state index contributed by atoms with van der Waals surface area (Å²) in [4.78, 5) is 8.04. The molecule has 0 fully saturated rings. The minimum atomic E-state index is -4.42. The number of halogens is 3. The van der Waals surface area contributed by atoms with E-state index in [0.717, 1.165) is 36.4 Å². The summed E-state index contributed by atoms with van der Waals surface area (Å²) in [5.74, 6) is -0.217. The maximum absolute atomic E-state index is 12.5. The fourth-order valence-corrected chi connectivity index (χ4v) is 2.71. The number of hydrogen-bond donors (Lipinski definition) is 1. The molecule has 0 saturated heterocycles. The highest BCUT2D eigenvalue weighted by atomic mass is 19.4. The van der Waals surface area contributed by atoms with E-state index in [0.29, 0.717) is 0 Å².